The van der Waals surface area contributed by atoms with Crippen LogP contribution in [-0.2, 0) is 16.2 Å². The molecule has 3 fully saturated rings. The molecule has 0 aromatic heterocycles. The van der Waals surface area contributed by atoms with Gasteiger partial charge in [0.25, 0.3) is 17.5 Å². The molecule has 35 heavy (non-hydrogen) atoms. The molecule has 1 saturated heterocycles. The second kappa shape index (κ2) is 7.76. The summed E-state index contributed by atoms with van der Waals surface area (Å²) in [6, 6.07) is 11.3. The van der Waals surface area contributed by atoms with Crippen molar-refractivity contribution in [3.63, 3.8) is 0 Å². The van der Waals surface area contributed by atoms with E-state index in [1.54, 1.807) is 30.3 Å². The highest BCUT2D eigenvalue weighted by Gasteiger charge is 2.73. The van der Waals surface area contributed by atoms with Crippen molar-refractivity contribution >= 4 is 23.7 Å². The number of carbonyl (C=O) groups is 2. The molecule has 1 heterocycles. The smallest absolute Gasteiger partial charge is 0.269 e. The number of nitro groups is 1. The molecule has 9 heteroatoms. The number of methoxy groups -OCH3 is 1. The summed E-state index contributed by atoms with van der Waals surface area (Å²) in [5.74, 6) is 0.336. The van der Waals surface area contributed by atoms with Crippen molar-refractivity contribution in [1.29, 1.82) is 0 Å². The molecule has 2 bridgehead atoms. The van der Waals surface area contributed by atoms with Crippen LogP contribution in [0.25, 0.3) is 0 Å². The van der Waals surface area contributed by atoms with E-state index < -0.39 is 4.92 Å². The second-order valence-corrected chi connectivity index (χ2v) is 9.58. The van der Waals surface area contributed by atoms with Gasteiger partial charge in [-0.2, -0.15) is 10.1 Å². The van der Waals surface area contributed by atoms with E-state index in [1.807, 2.05) is 0 Å². The zero-order valence-electron chi connectivity index (χ0n) is 19.0. The van der Waals surface area contributed by atoms with Gasteiger partial charge >= 0.3 is 0 Å². The van der Waals surface area contributed by atoms with E-state index in [2.05, 4.69) is 17.3 Å². The first-order valence-electron chi connectivity index (χ1n) is 11.6. The van der Waals surface area contributed by atoms with Crippen molar-refractivity contribution in [3.8, 4) is 11.5 Å². The number of hydrogen-bond acceptors (Lipinski definition) is 7. The predicted octanol–water partition coefficient (Wildman–Crippen LogP) is 3.71. The first kappa shape index (κ1) is 21.5. The van der Waals surface area contributed by atoms with Crippen LogP contribution >= 0.6 is 0 Å². The number of benzene rings is 2. The van der Waals surface area contributed by atoms with Gasteiger partial charge in [-0.05, 0) is 71.6 Å². The van der Waals surface area contributed by atoms with Crippen LogP contribution in [0.15, 0.2) is 59.7 Å². The average Bonchev–Trinajstić information content (AvgIpc) is 3.47. The Bertz CT molecular complexity index is 1260. The lowest BCUT2D eigenvalue weighted by atomic mass is 9.85. The molecule has 0 unspecified atom stereocenters. The number of fused-ring (bicyclic) bond motifs is 3. The van der Waals surface area contributed by atoms with Gasteiger partial charge in [-0.3, -0.25) is 19.7 Å². The van der Waals surface area contributed by atoms with Crippen LogP contribution in [-0.4, -0.2) is 35.1 Å². The summed E-state index contributed by atoms with van der Waals surface area (Å²) >= 11 is 0. The minimum Gasteiger partial charge on any atom is -0.493 e. The van der Waals surface area contributed by atoms with E-state index in [-0.39, 0.29) is 53.2 Å². The van der Waals surface area contributed by atoms with Gasteiger partial charge in [-0.25, -0.2) is 0 Å². The van der Waals surface area contributed by atoms with Gasteiger partial charge in [0.05, 0.1) is 30.1 Å². The van der Waals surface area contributed by atoms with Gasteiger partial charge in [0.15, 0.2) is 11.5 Å². The quantitative estimate of drug-likeness (QED) is 0.199. The molecule has 4 atom stereocenters. The van der Waals surface area contributed by atoms with Crippen molar-refractivity contribution in [1.82, 2.24) is 5.01 Å². The number of rotatable bonds is 7. The summed E-state index contributed by atoms with van der Waals surface area (Å²) < 4.78 is 11.3. The van der Waals surface area contributed by atoms with Crippen molar-refractivity contribution in [2.45, 2.75) is 19.4 Å². The Morgan fingerprint density at radius 1 is 1.06 bits per heavy atom. The Morgan fingerprint density at radius 3 is 2.29 bits per heavy atom. The van der Waals surface area contributed by atoms with E-state index in [1.165, 1.54) is 25.5 Å². The van der Waals surface area contributed by atoms with Crippen molar-refractivity contribution in [2.24, 2.45) is 34.2 Å². The number of hydrogen-bond donors (Lipinski definition) is 0. The lowest BCUT2D eigenvalue weighted by Gasteiger charge is -2.18. The first-order valence-corrected chi connectivity index (χ1v) is 11.6. The number of carbonyl (C=O) groups excluding carboxylic acids is 2. The fourth-order valence-corrected chi connectivity index (χ4v) is 6.06. The van der Waals surface area contributed by atoms with Crippen molar-refractivity contribution in [2.75, 3.05) is 7.11 Å². The third kappa shape index (κ3) is 3.25. The van der Waals surface area contributed by atoms with E-state index in [0.29, 0.717) is 17.1 Å². The highest BCUT2D eigenvalue weighted by molar-refractivity contribution is 6.07. The van der Waals surface area contributed by atoms with Gasteiger partial charge in [0.1, 0.15) is 6.61 Å². The van der Waals surface area contributed by atoms with Crippen LogP contribution in [0.1, 0.15) is 24.0 Å². The van der Waals surface area contributed by atoms with Crippen LogP contribution in [0, 0.1) is 39.2 Å². The Kier molecular flexibility index (Phi) is 4.77. The topological polar surface area (TPSA) is 111 Å². The van der Waals surface area contributed by atoms with E-state index in [4.69, 9.17) is 9.47 Å². The number of nitrogens with zero attached hydrogens (tertiary/aromatic N) is 3. The van der Waals surface area contributed by atoms with Crippen LogP contribution in [0.2, 0.25) is 0 Å². The highest BCUT2D eigenvalue weighted by Crippen LogP contribution is 2.73. The fraction of sp³-hybridized carbons (Fsp3) is 0.346. The maximum absolute atomic E-state index is 13.1. The first-order chi connectivity index (χ1) is 16.9. The van der Waals surface area contributed by atoms with Crippen molar-refractivity contribution in [3.05, 3.63) is 75.9 Å². The number of hydrazone groups is 1. The Balaban J connectivity index is 1.14. The molecular weight excluding hydrogens is 450 g/mol. The summed E-state index contributed by atoms with van der Waals surface area (Å²) in [5.41, 5.74) is 1.61. The van der Waals surface area contributed by atoms with Gasteiger partial charge in [-0.1, -0.05) is 12.2 Å². The monoisotopic (exact) mass is 473 g/mol. The second-order valence-electron chi connectivity index (χ2n) is 9.58. The van der Waals surface area contributed by atoms with Gasteiger partial charge in [-0.15, -0.1) is 0 Å². The standard InChI is InChI=1S/C26H23N3O6/c1-34-21-12-16(4-9-20(21)35-14-15-2-5-17(6-3-15)29(32)33)13-27-28-24(30)22-18-7-8-19(23(22)25(28)31)26(18)10-11-26/h2-9,12-13,18-19,22-23H,10-11,14H2,1H3/b27-13-/t18-,19-,22-,23+/m1/s1. The molecule has 0 radical (unpaired) electrons. The van der Waals surface area contributed by atoms with E-state index >= 15 is 0 Å². The molecule has 1 spiro atoms. The fourth-order valence-electron chi connectivity index (χ4n) is 6.06. The minimum atomic E-state index is -0.450. The molecule has 6 rings (SSSR count). The molecule has 3 aliphatic carbocycles. The molecule has 178 valence electrons. The Labute approximate surface area is 201 Å². The van der Waals surface area contributed by atoms with Gasteiger partial charge in [0.2, 0.25) is 0 Å². The SMILES string of the molecule is COc1cc(/C=N\N2C(=O)[C@@H]3[C@H](C2=O)[C@H]2C=C[C@H]3C23CC3)ccc1OCc1ccc([N+](=O)[O-])cc1. The number of allylic oxidation sites excluding steroid dienone is 2. The highest BCUT2D eigenvalue weighted by atomic mass is 16.6. The third-order valence-electron chi connectivity index (χ3n) is 7.88. The number of amides is 2. The number of nitro benzene ring substituents is 1. The lowest BCUT2D eigenvalue weighted by Crippen LogP contribution is -2.30. The maximum atomic E-state index is 13.1. The lowest BCUT2D eigenvalue weighted by molar-refractivity contribution is -0.384. The summed E-state index contributed by atoms with van der Waals surface area (Å²) in [6.07, 6.45) is 7.96. The zero-order valence-corrected chi connectivity index (χ0v) is 19.0. The molecule has 2 aromatic rings. The van der Waals surface area contributed by atoms with Gasteiger partial charge in [0, 0.05) is 12.1 Å². The third-order valence-corrected chi connectivity index (χ3v) is 7.88. The largest absolute Gasteiger partial charge is 0.493 e. The summed E-state index contributed by atoms with van der Waals surface area (Å²) in [4.78, 5) is 36.5. The number of imide groups is 1. The zero-order chi connectivity index (χ0) is 24.3. The Hall–Kier alpha value is -4.01. The predicted molar refractivity (Wildman–Crippen MR) is 125 cm³/mol. The molecule has 2 amide bonds. The molecular formula is C26H23N3O6. The Morgan fingerprint density at radius 2 is 1.71 bits per heavy atom. The van der Waals surface area contributed by atoms with Crippen molar-refractivity contribution < 1.29 is 24.0 Å². The molecule has 2 aromatic carbocycles. The van der Waals surface area contributed by atoms with E-state index in [0.717, 1.165) is 23.4 Å². The van der Waals surface area contributed by atoms with Crippen LogP contribution in [0.4, 0.5) is 5.69 Å². The van der Waals surface area contributed by atoms with Crippen LogP contribution < -0.4 is 9.47 Å². The molecule has 4 aliphatic rings. The minimum absolute atomic E-state index is 0.0181. The van der Waals surface area contributed by atoms with E-state index in [9.17, 15) is 19.7 Å². The normalized spacial score (nSPS) is 27.2. The maximum Gasteiger partial charge on any atom is 0.269 e. The average molecular weight is 473 g/mol. The van der Waals surface area contributed by atoms with Gasteiger partial charge < -0.3 is 9.47 Å². The molecule has 1 aliphatic heterocycles. The molecule has 9 nitrogen and oxygen atoms in total. The summed E-state index contributed by atoms with van der Waals surface area (Å²) in [7, 11) is 1.51. The number of non-ortho nitro benzene ring substituents is 1. The molecule has 0 N–H and O–H groups in total. The summed E-state index contributed by atoms with van der Waals surface area (Å²) in [5, 5.41) is 16.1. The molecule has 2 saturated carbocycles. The summed E-state index contributed by atoms with van der Waals surface area (Å²) in [6.45, 7) is 0.208. The van der Waals surface area contributed by atoms with Crippen LogP contribution in [0.5, 0.6) is 11.5 Å². The van der Waals surface area contributed by atoms with Crippen LogP contribution in [0.3, 0.4) is 0 Å². The number of ether oxygens (including phenoxy) is 2.